The summed E-state index contributed by atoms with van der Waals surface area (Å²) in [5, 5.41) is 2.19. The normalized spacial score (nSPS) is 12.5. The lowest BCUT2D eigenvalue weighted by Crippen LogP contribution is -2.54. The van der Waals surface area contributed by atoms with Gasteiger partial charge < -0.3 is 9.47 Å². The van der Waals surface area contributed by atoms with Crippen LogP contribution in [0.3, 0.4) is 0 Å². The van der Waals surface area contributed by atoms with Gasteiger partial charge in [-0.05, 0) is 127 Å². The Balaban J connectivity index is 0.000000217. The molecule has 354 valence electrons. The van der Waals surface area contributed by atoms with E-state index in [1.54, 1.807) is 24.3 Å². The molecule has 4 nitrogen and oxygen atoms in total. The number of alkyl halides is 6. The first kappa shape index (κ1) is 48.2. The zero-order valence-corrected chi connectivity index (χ0v) is 39.7. The zero-order valence-electron chi connectivity index (χ0n) is 38.8. The van der Waals surface area contributed by atoms with E-state index in [1.807, 2.05) is 48.6 Å². The summed E-state index contributed by atoms with van der Waals surface area (Å²) >= 11 is 0. The molecule has 0 atom stereocenters. The summed E-state index contributed by atoms with van der Waals surface area (Å²) < 4.78 is 97.8. The molecule has 9 aromatic rings. The summed E-state index contributed by atoms with van der Waals surface area (Å²) in [6.07, 6.45) is -2.42. The van der Waals surface area contributed by atoms with E-state index in [9.17, 15) is 26.3 Å². The molecular formula is C60H45F6N2O2P. The number of allylic oxidation sites excluding steroid dienone is 2. The van der Waals surface area contributed by atoms with Gasteiger partial charge in [0.05, 0.1) is 29.4 Å². The van der Waals surface area contributed by atoms with Crippen molar-refractivity contribution in [3.8, 4) is 62.0 Å². The van der Waals surface area contributed by atoms with E-state index in [-0.39, 0.29) is 19.7 Å². The highest BCUT2D eigenvalue weighted by atomic mass is 31.0. The van der Waals surface area contributed by atoms with Gasteiger partial charge in [0.25, 0.3) is 0 Å². The van der Waals surface area contributed by atoms with Gasteiger partial charge in [-0.1, -0.05) is 141 Å². The molecule has 0 radical (unpaired) electrons. The van der Waals surface area contributed by atoms with Crippen LogP contribution in [0.4, 0.5) is 26.3 Å². The molecule has 11 heteroatoms. The number of aryl methyl sites for hydroxylation is 2. The molecule has 3 aromatic heterocycles. The maximum atomic E-state index is 14.5. The Kier molecular flexibility index (Phi) is 13.8. The molecule has 0 fully saturated rings. The maximum Gasteiger partial charge on any atom is 0.411 e. The third-order valence-corrected chi connectivity index (χ3v) is 13.4. The molecule has 0 aliphatic heterocycles. The molecule has 0 saturated heterocycles. The highest BCUT2D eigenvalue weighted by Crippen LogP contribution is 2.58. The van der Waals surface area contributed by atoms with Crippen LogP contribution in [0.2, 0.25) is 0 Å². The average molecular weight is 971 g/mol. The second-order valence-corrected chi connectivity index (χ2v) is 18.0. The van der Waals surface area contributed by atoms with E-state index < -0.39 is 28.6 Å². The molecule has 0 unspecified atom stereocenters. The number of halogens is 6. The van der Waals surface area contributed by atoms with Crippen LogP contribution in [0.1, 0.15) is 28.4 Å². The van der Waals surface area contributed by atoms with Crippen LogP contribution in [-0.4, -0.2) is 29.4 Å². The minimum absolute atomic E-state index is 0.114. The van der Waals surface area contributed by atoms with E-state index >= 15 is 0 Å². The fourth-order valence-corrected chi connectivity index (χ4v) is 9.81. The van der Waals surface area contributed by atoms with Crippen LogP contribution >= 0.6 is 8.19 Å². The van der Waals surface area contributed by atoms with E-state index in [0.29, 0.717) is 5.75 Å². The van der Waals surface area contributed by atoms with Crippen molar-refractivity contribution in [2.45, 2.75) is 38.0 Å². The monoisotopic (exact) mass is 970 g/mol. The van der Waals surface area contributed by atoms with Gasteiger partial charge in [0.15, 0.2) is 0 Å². The molecule has 6 aromatic carbocycles. The maximum absolute atomic E-state index is 14.5. The Morgan fingerprint density at radius 2 is 1.10 bits per heavy atom. The first-order chi connectivity index (χ1) is 34.2. The Morgan fingerprint density at radius 1 is 0.535 bits per heavy atom. The molecule has 0 N–H and O–H groups in total. The molecular weight excluding hydrogens is 926 g/mol. The van der Waals surface area contributed by atoms with E-state index in [2.05, 4.69) is 105 Å². The lowest BCUT2D eigenvalue weighted by Gasteiger charge is -2.38. The summed E-state index contributed by atoms with van der Waals surface area (Å²) in [7, 11) is 0.963. The van der Waals surface area contributed by atoms with Crippen LogP contribution in [0, 0.1) is 13.8 Å². The van der Waals surface area contributed by atoms with Gasteiger partial charge in [-0.25, -0.2) is 9.97 Å². The van der Waals surface area contributed by atoms with Crippen molar-refractivity contribution in [2.75, 3.05) is 7.11 Å². The minimum atomic E-state index is -5.68. The molecule has 71 heavy (non-hydrogen) atoms. The number of nitrogens with zero attached hydrogens (tertiary/aromatic N) is 2. The molecule has 1 aliphatic carbocycles. The quantitative estimate of drug-likeness (QED) is 0.135. The Hall–Kier alpha value is -7.81. The Labute approximate surface area is 409 Å². The number of ether oxygens (including phenoxy) is 2. The van der Waals surface area contributed by atoms with Gasteiger partial charge in [0.2, 0.25) is 5.41 Å². The number of rotatable bonds is 9. The number of methoxy groups -OCH3 is 1. The van der Waals surface area contributed by atoms with Crippen molar-refractivity contribution in [2.24, 2.45) is 0 Å². The number of pyridine rings is 2. The van der Waals surface area contributed by atoms with Crippen LogP contribution in [0.5, 0.6) is 17.2 Å². The highest BCUT2D eigenvalue weighted by Gasteiger charge is 2.72. The number of fused-ring (bicyclic) bond motifs is 2. The van der Waals surface area contributed by atoms with Crippen molar-refractivity contribution in [1.29, 1.82) is 0 Å². The van der Waals surface area contributed by atoms with Crippen LogP contribution < -0.4 is 20.0 Å². The van der Waals surface area contributed by atoms with Crippen LogP contribution in [0.25, 0.3) is 67.8 Å². The topological polar surface area (TPSA) is 44.2 Å². The van der Waals surface area contributed by atoms with Gasteiger partial charge in [0, 0.05) is 32.8 Å². The average Bonchev–Trinajstić information content (AvgIpc) is 3.63. The summed E-state index contributed by atoms with van der Waals surface area (Å²) in [6.45, 7) is 4.23. The SMILES string of the molecule is COc1ccc(C(c2ccc(Oc3ccc(-c4cc(-c5ccccc5)c5c(n4)=CC=CCC=5)cc3)cp2)(C(F)(F)F)C(F)(F)F)cc1.Cc1ccc(-c2cc(-c3ccccc3)c3cc(C)ccc3n2)cc1. The van der Waals surface area contributed by atoms with Gasteiger partial charge in [-0.15, -0.1) is 0 Å². The fourth-order valence-electron chi connectivity index (χ4n) is 8.67. The molecule has 0 bridgehead atoms. The molecule has 10 rings (SSSR count). The third-order valence-electron chi connectivity index (χ3n) is 12.3. The number of benzene rings is 6. The summed E-state index contributed by atoms with van der Waals surface area (Å²) in [5.41, 5.74) is 6.65. The first-order valence-corrected chi connectivity index (χ1v) is 23.7. The van der Waals surface area contributed by atoms with Crippen LogP contribution in [-0.2, 0) is 5.41 Å². The van der Waals surface area contributed by atoms with Crippen molar-refractivity contribution >= 4 is 31.2 Å². The largest absolute Gasteiger partial charge is 0.497 e. The standard InChI is InChI=1S/C37H26F6NO2P.C23H19N/c1-45-27-18-14-26(15-19-27)35(36(38,39)40,37(41,42)43)34-21-20-29(23-47-34)46-28-16-12-25(13-17-28)33-22-31(24-8-4-2-5-9-24)30-10-6-3-7-11-32(30)44-33;1-16-8-11-19(12-9-16)23-15-20(18-6-4-3-5-7-18)21-14-17(2)10-13-22(21)24-23/h2-5,7-23H,6H2,1H3;3-15H,1-2H3. The van der Waals surface area contributed by atoms with E-state index in [1.165, 1.54) is 40.5 Å². The smallest absolute Gasteiger partial charge is 0.411 e. The lowest BCUT2D eigenvalue weighted by molar-refractivity contribution is -0.287. The van der Waals surface area contributed by atoms with Crippen LogP contribution in [0.15, 0.2) is 194 Å². The summed E-state index contributed by atoms with van der Waals surface area (Å²) in [4.78, 5) is 9.79. The lowest BCUT2D eigenvalue weighted by atomic mass is 9.77. The second kappa shape index (κ2) is 20.3. The number of aromatic nitrogens is 2. The molecule has 3 heterocycles. The predicted molar refractivity (Wildman–Crippen MR) is 274 cm³/mol. The van der Waals surface area contributed by atoms with Gasteiger partial charge in [-0.3, -0.25) is 0 Å². The predicted octanol–water partition coefficient (Wildman–Crippen LogP) is 15.9. The molecule has 1 aliphatic rings. The fraction of sp³-hybridized carbons (Fsp3) is 0.117. The van der Waals surface area contributed by atoms with Crippen molar-refractivity contribution in [3.63, 3.8) is 0 Å². The highest BCUT2D eigenvalue weighted by molar-refractivity contribution is 7.30. The second-order valence-electron chi connectivity index (χ2n) is 17.0. The first-order valence-electron chi connectivity index (χ1n) is 22.7. The minimum Gasteiger partial charge on any atom is -0.497 e. The van der Waals surface area contributed by atoms with Gasteiger partial charge in [0.1, 0.15) is 17.2 Å². The van der Waals surface area contributed by atoms with Crippen molar-refractivity contribution in [1.82, 2.24) is 9.97 Å². The Morgan fingerprint density at radius 3 is 1.70 bits per heavy atom. The van der Waals surface area contributed by atoms with E-state index in [4.69, 9.17) is 19.4 Å². The van der Waals surface area contributed by atoms with Gasteiger partial charge >= 0.3 is 12.4 Å². The van der Waals surface area contributed by atoms with Crippen molar-refractivity contribution < 1.29 is 35.8 Å². The van der Waals surface area contributed by atoms with Gasteiger partial charge in [-0.2, -0.15) is 26.3 Å². The Bertz CT molecular complexity index is 3460. The zero-order chi connectivity index (χ0) is 49.8. The summed E-state index contributed by atoms with van der Waals surface area (Å²) in [5.74, 6) is 1.80. The van der Waals surface area contributed by atoms with E-state index in [0.717, 1.165) is 92.5 Å². The summed E-state index contributed by atoms with van der Waals surface area (Å²) in [6, 6.07) is 52.5. The van der Waals surface area contributed by atoms with Crippen molar-refractivity contribution in [3.05, 3.63) is 226 Å². The molecule has 0 amide bonds. The number of hydrogen-bond donors (Lipinski definition) is 0. The molecule has 0 saturated carbocycles. The number of hydrogen-bond acceptors (Lipinski definition) is 4. The third kappa shape index (κ3) is 10.1. The molecule has 0 spiro atoms.